The van der Waals surface area contributed by atoms with Gasteiger partial charge in [0.25, 0.3) is 0 Å². The Bertz CT molecular complexity index is 741. The monoisotopic (exact) mass is 360 g/mol. The average Bonchev–Trinajstić information content (AvgIpc) is 2.73. The summed E-state index contributed by atoms with van der Waals surface area (Å²) in [6.45, 7) is -0.629. The fourth-order valence-corrected chi connectivity index (χ4v) is 2.95. The van der Waals surface area contributed by atoms with Crippen LogP contribution < -0.4 is 5.73 Å². The molecule has 1 atom stereocenters. The molecule has 2 aliphatic carbocycles. The Kier molecular flexibility index (Phi) is 5.43. The van der Waals surface area contributed by atoms with Crippen LogP contribution in [0.25, 0.3) is 11.1 Å². The summed E-state index contributed by atoms with van der Waals surface area (Å²) in [6, 6.07) is 2.85. The Hall–Kier alpha value is -1.09. The number of rotatable bonds is 5. The number of fused-ring (bicyclic) bond motifs is 1. The van der Waals surface area contributed by atoms with Crippen LogP contribution in [0.3, 0.4) is 0 Å². The molecule has 0 saturated carbocycles. The van der Waals surface area contributed by atoms with E-state index in [-0.39, 0.29) is 4.90 Å². The Morgan fingerprint density at radius 1 is 1.24 bits per heavy atom. The van der Waals surface area contributed by atoms with E-state index in [0.717, 1.165) is 0 Å². The number of hydrogen-bond acceptors (Lipinski definition) is 8. The summed E-state index contributed by atoms with van der Waals surface area (Å²) in [5.74, 6) is -0.532. The SMILES string of the molecule is Nc1c2cc(S(=O)(=O)CCOS(=O)(=O)O)cc1-2.O=S([O-])O. The van der Waals surface area contributed by atoms with Crippen molar-refractivity contribution in [1.29, 1.82) is 0 Å². The maximum Gasteiger partial charge on any atom is 0.397 e. The molecule has 1 unspecified atom stereocenters. The summed E-state index contributed by atoms with van der Waals surface area (Å²) in [6.07, 6.45) is 0. The van der Waals surface area contributed by atoms with Gasteiger partial charge < -0.3 is 14.8 Å². The Balaban J connectivity index is 0.000000491. The van der Waals surface area contributed by atoms with Gasteiger partial charge in [0.15, 0.2) is 9.84 Å². The highest BCUT2D eigenvalue weighted by molar-refractivity contribution is 7.91. The molecule has 0 aliphatic heterocycles. The summed E-state index contributed by atoms with van der Waals surface area (Å²) in [4.78, 5) is 0.0793. The van der Waals surface area contributed by atoms with E-state index in [0.29, 0.717) is 16.8 Å². The van der Waals surface area contributed by atoms with Gasteiger partial charge in [-0.05, 0) is 12.1 Å². The zero-order valence-electron chi connectivity index (χ0n) is 10.1. The van der Waals surface area contributed by atoms with Crippen molar-refractivity contribution in [2.75, 3.05) is 18.1 Å². The summed E-state index contributed by atoms with van der Waals surface area (Å²) in [7, 11) is -8.22. The van der Waals surface area contributed by atoms with Gasteiger partial charge in [0, 0.05) is 16.8 Å². The van der Waals surface area contributed by atoms with Crippen LogP contribution in [0.2, 0.25) is 0 Å². The smallest absolute Gasteiger partial charge is 0.397 e. The molecule has 10 nitrogen and oxygen atoms in total. The molecule has 0 fully saturated rings. The number of nitrogen functional groups attached to an aromatic ring is 1. The molecular formula is C8H10NO9S3-. The molecule has 0 aromatic heterocycles. The molecule has 2 aliphatic rings. The molecule has 0 saturated heterocycles. The van der Waals surface area contributed by atoms with Gasteiger partial charge >= 0.3 is 10.4 Å². The zero-order valence-corrected chi connectivity index (χ0v) is 12.6. The maximum absolute atomic E-state index is 11.7. The molecule has 0 aromatic carbocycles. The van der Waals surface area contributed by atoms with E-state index in [9.17, 15) is 16.8 Å². The minimum atomic E-state index is -4.61. The van der Waals surface area contributed by atoms with Gasteiger partial charge in [-0.3, -0.25) is 4.55 Å². The molecule has 0 heterocycles. The first kappa shape index (κ1) is 18.0. The van der Waals surface area contributed by atoms with Crippen molar-refractivity contribution in [3.8, 4) is 11.1 Å². The van der Waals surface area contributed by atoms with Gasteiger partial charge in [-0.1, -0.05) is 0 Å². The van der Waals surface area contributed by atoms with E-state index in [1.54, 1.807) is 0 Å². The van der Waals surface area contributed by atoms with E-state index in [1.807, 2.05) is 0 Å². The molecule has 0 spiro atoms. The highest BCUT2D eigenvalue weighted by Crippen LogP contribution is 2.48. The molecule has 0 amide bonds. The number of sulfone groups is 1. The van der Waals surface area contributed by atoms with Crippen molar-refractivity contribution in [2.24, 2.45) is 0 Å². The lowest BCUT2D eigenvalue weighted by Crippen LogP contribution is -2.15. The highest BCUT2D eigenvalue weighted by Gasteiger charge is 2.28. The second-order valence-corrected chi connectivity index (χ2v) is 7.35. The fraction of sp³-hybridized carbons (Fsp3) is 0.250. The topological polar surface area (TPSA) is 184 Å². The van der Waals surface area contributed by atoms with E-state index in [4.69, 9.17) is 23.6 Å². The van der Waals surface area contributed by atoms with Crippen LogP contribution in [0.15, 0.2) is 17.0 Å². The highest BCUT2D eigenvalue weighted by atomic mass is 32.3. The Morgan fingerprint density at radius 3 is 2.05 bits per heavy atom. The van der Waals surface area contributed by atoms with Crippen LogP contribution in [0.4, 0.5) is 5.69 Å². The molecule has 2 rings (SSSR count). The van der Waals surface area contributed by atoms with Crippen molar-refractivity contribution in [1.82, 2.24) is 0 Å². The molecule has 0 aromatic rings. The molecular weight excluding hydrogens is 350 g/mol. The first-order valence-electron chi connectivity index (χ1n) is 5.01. The van der Waals surface area contributed by atoms with Crippen LogP contribution in [0.5, 0.6) is 0 Å². The van der Waals surface area contributed by atoms with E-state index >= 15 is 0 Å². The lowest BCUT2D eigenvalue weighted by molar-refractivity contribution is 0.284. The van der Waals surface area contributed by atoms with Crippen molar-refractivity contribution in [3.63, 3.8) is 0 Å². The average molecular weight is 360 g/mol. The number of hydrogen-bond donors (Lipinski definition) is 3. The van der Waals surface area contributed by atoms with Crippen LogP contribution in [-0.4, -0.2) is 47.1 Å². The van der Waals surface area contributed by atoms with E-state index in [1.165, 1.54) is 12.1 Å². The van der Waals surface area contributed by atoms with Crippen molar-refractivity contribution < 1.29 is 38.9 Å². The Labute approximate surface area is 122 Å². The molecule has 120 valence electrons. The van der Waals surface area contributed by atoms with Crippen LogP contribution in [0.1, 0.15) is 0 Å². The van der Waals surface area contributed by atoms with Crippen LogP contribution in [-0.2, 0) is 35.8 Å². The van der Waals surface area contributed by atoms with Crippen molar-refractivity contribution >= 4 is 37.3 Å². The lowest BCUT2D eigenvalue weighted by Gasteiger charge is -2.01. The number of anilines is 1. The van der Waals surface area contributed by atoms with Gasteiger partial charge in [0.2, 0.25) is 0 Å². The van der Waals surface area contributed by atoms with E-state index < -0.39 is 44.0 Å². The quantitative estimate of drug-likeness (QED) is 0.345. The standard InChI is InChI=1S/C8H9NO6S2.H2O3S/c9-8-6-3-5(4-7(6)8)16(10,11)2-1-15-17(12,13)14;1-4(2)3/h3-4H,1-2,9H2,(H,12,13,14);(H2,1,2,3)/p-1. The molecule has 4 N–H and O–H groups in total. The first-order valence-corrected chi connectivity index (χ1v) is 9.06. The van der Waals surface area contributed by atoms with Gasteiger partial charge in [-0.15, -0.1) is 0 Å². The van der Waals surface area contributed by atoms with E-state index in [2.05, 4.69) is 4.18 Å². The Morgan fingerprint density at radius 2 is 1.67 bits per heavy atom. The summed E-state index contributed by atoms with van der Waals surface area (Å²) >= 11 is -2.86. The largest absolute Gasteiger partial charge is 0.750 e. The predicted octanol–water partition coefficient (Wildman–Crippen LogP) is -0.819. The van der Waals surface area contributed by atoms with Gasteiger partial charge in [-0.25, -0.2) is 16.8 Å². The minimum absolute atomic E-state index is 0.0793. The van der Waals surface area contributed by atoms with Crippen LogP contribution in [0, 0.1) is 0 Å². The molecule has 0 bridgehead atoms. The fourth-order valence-electron chi connectivity index (χ4n) is 1.42. The second kappa shape index (κ2) is 6.35. The van der Waals surface area contributed by atoms with Gasteiger partial charge in [0.05, 0.1) is 28.6 Å². The minimum Gasteiger partial charge on any atom is -0.750 e. The third-order valence-corrected chi connectivity index (χ3v) is 4.45. The molecule has 0 radical (unpaired) electrons. The van der Waals surface area contributed by atoms with Crippen LogP contribution >= 0.6 is 0 Å². The summed E-state index contributed by atoms with van der Waals surface area (Å²) in [5.41, 5.74) is 7.47. The van der Waals surface area contributed by atoms with Crippen molar-refractivity contribution in [2.45, 2.75) is 4.90 Å². The zero-order chi connectivity index (χ0) is 16.4. The second-order valence-electron chi connectivity index (χ2n) is 3.72. The predicted molar refractivity (Wildman–Crippen MR) is 71.0 cm³/mol. The summed E-state index contributed by atoms with van der Waals surface area (Å²) in [5, 5.41) is 0. The normalized spacial score (nSPS) is 14.0. The third kappa shape index (κ3) is 5.66. The summed E-state index contributed by atoms with van der Waals surface area (Å²) < 4.78 is 80.1. The number of nitrogens with two attached hydrogens (primary N) is 1. The van der Waals surface area contributed by atoms with Crippen molar-refractivity contribution in [3.05, 3.63) is 12.1 Å². The lowest BCUT2D eigenvalue weighted by atomic mass is 10.6. The van der Waals surface area contributed by atoms with Gasteiger partial charge in [-0.2, -0.15) is 8.42 Å². The number of benzene rings is 1. The third-order valence-electron chi connectivity index (χ3n) is 2.32. The maximum atomic E-state index is 11.7. The first-order chi connectivity index (χ1) is 9.44. The molecule has 13 heteroatoms. The molecule has 21 heavy (non-hydrogen) atoms. The van der Waals surface area contributed by atoms with Gasteiger partial charge in [0.1, 0.15) is 0 Å².